The predicted molar refractivity (Wildman–Crippen MR) is 51.7 cm³/mol. The highest BCUT2D eigenvalue weighted by Gasteiger charge is 1.99. The minimum atomic E-state index is -0.296. The molecule has 0 aliphatic heterocycles. The van der Waals surface area contributed by atoms with E-state index in [2.05, 4.69) is 25.9 Å². The van der Waals surface area contributed by atoms with Gasteiger partial charge in [0, 0.05) is 10.7 Å². The summed E-state index contributed by atoms with van der Waals surface area (Å²) in [5.41, 5.74) is 0.307. The maximum atomic E-state index is 11.3. The quantitative estimate of drug-likeness (QED) is 0.694. The summed E-state index contributed by atoms with van der Waals surface area (Å²) in [5, 5.41) is 0. The number of aryl methyl sites for hydroxylation is 1. The molecule has 0 spiro atoms. The Morgan fingerprint density at radius 1 is 1.46 bits per heavy atom. The van der Waals surface area contributed by atoms with Crippen molar-refractivity contribution in [1.82, 2.24) is 14.4 Å². The molecule has 0 saturated carbocycles. The van der Waals surface area contributed by atoms with E-state index in [-0.39, 0.29) is 5.69 Å². The molecule has 13 heavy (non-hydrogen) atoms. The minimum absolute atomic E-state index is 0.296. The van der Waals surface area contributed by atoms with Crippen LogP contribution >= 0.6 is 15.9 Å². The zero-order chi connectivity index (χ0) is 9.42. The van der Waals surface area contributed by atoms with Gasteiger partial charge in [-0.1, -0.05) is 15.9 Å². The molecule has 0 N–H and O–H groups in total. The van der Waals surface area contributed by atoms with Crippen molar-refractivity contribution in [3.8, 4) is 0 Å². The van der Waals surface area contributed by atoms with Crippen molar-refractivity contribution in [2.45, 2.75) is 6.92 Å². The first-order valence-electron chi connectivity index (χ1n) is 3.69. The van der Waals surface area contributed by atoms with Crippen molar-refractivity contribution in [3.05, 3.63) is 39.1 Å². The van der Waals surface area contributed by atoms with Gasteiger partial charge in [-0.25, -0.2) is 9.78 Å². The predicted octanol–water partition coefficient (Wildman–Crippen LogP) is 1.16. The monoisotopic (exact) mass is 239 g/mol. The Labute approximate surface area is 82.4 Å². The number of fused-ring (bicyclic) bond motifs is 1. The number of pyridine rings is 1. The second kappa shape index (κ2) is 2.92. The summed E-state index contributed by atoms with van der Waals surface area (Å²) in [4.78, 5) is 19.1. The van der Waals surface area contributed by atoms with Gasteiger partial charge < -0.3 is 0 Å². The van der Waals surface area contributed by atoms with E-state index in [1.807, 2.05) is 0 Å². The summed E-state index contributed by atoms with van der Waals surface area (Å²) in [7, 11) is 0. The van der Waals surface area contributed by atoms with Crippen LogP contribution in [0.1, 0.15) is 5.82 Å². The molecule has 0 aliphatic rings. The summed E-state index contributed by atoms with van der Waals surface area (Å²) in [6.45, 7) is 1.70. The molecule has 0 atom stereocenters. The molecule has 0 unspecified atom stereocenters. The molecule has 2 aromatic rings. The van der Waals surface area contributed by atoms with Gasteiger partial charge in [0.15, 0.2) is 0 Å². The average molecular weight is 240 g/mol. The summed E-state index contributed by atoms with van der Waals surface area (Å²) in [6.07, 6.45) is 1.64. The Morgan fingerprint density at radius 2 is 2.23 bits per heavy atom. The van der Waals surface area contributed by atoms with E-state index in [0.717, 1.165) is 4.47 Å². The largest absolute Gasteiger partial charge is 0.355 e. The third-order valence-electron chi connectivity index (χ3n) is 1.64. The minimum Gasteiger partial charge on any atom is -0.251 e. The lowest BCUT2D eigenvalue weighted by Gasteiger charge is -1.99. The molecule has 5 heteroatoms. The van der Waals surface area contributed by atoms with Gasteiger partial charge in [-0.3, -0.25) is 4.40 Å². The number of hydrogen-bond acceptors (Lipinski definition) is 3. The highest BCUT2D eigenvalue weighted by atomic mass is 79.9. The number of aromatic nitrogens is 3. The highest BCUT2D eigenvalue weighted by Crippen LogP contribution is 2.09. The van der Waals surface area contributed by atoms with Crippen LogP contribution in [0.2, 0.25) is 0 Å². The van der Waals surface area contributed by atoms with Gasteiger partial charge in [0.05, 0.1) is 0 Å². The molecule has 0 bridgehead atoms. The Bertz CT molecular complexity index is 515. The lowest BCUT2D eigenvalue weighted by atomic mass is 10.4. The van der Waals surface area contributed by atoms with Crippen LogP contribution in [0.4, 0.5) is 0 Å². The van der Waals surface area contributed by atoms with Crippen LogP contribution in [-0.2, 0) is 0 Å². The summed E-state index contributed by atoms with van der Waals surface area (Å²) in [6, 6.07) is 3.54. The Balaban J connectivity index is 2.95. The third kappa shape index (κ3) is 1.47. The van der Waals surface area contributed by atoms with E-state index < -0.39 is 0 Å². The molecule has 0 saturated heterocycles. The molecule has 0 radical (unpaired) electrons. The van der Waals surface area contributed by atoms with Gasteiger partial charge in [0.1, 0.15) is 11.5 Å². The van der Waals surface area contributed by atoms with Crippen LogP contribution in [0.15, 0.2) is 27.6 Å². The molecule has 2 heterocycles. The van der Waals surface area contributed by atoms with Crippen LogP contribution in [0.5, 0.6) is 0 Å². The summed E-state index contributed by atoms with van der Waals surface area (Å²) in [5.74, 6) is 0.489. The Morgan fingerprint density at radius 3 is 3.00 bits per heavy atom. The number of nitrogens with zero attached hydrogens (tertiary/aromatic N) is 3. The second-order valence-electron chi connectivity index (χ2n) is 2.63. The first kappa shape index (κ1) is 8.37. The first-order valence-corrected chi connectivity index (χ1v) is 4.49. The van der Waals surface area contributed by atoms with E-state index in [4.69, 9.17) is 0 Å². The van der Waals surface area contributed by atoms with E-state index in [9.17, 15) is 4.79 Å². The normalized spacial score (nSPS) is 10.6. The fourth-order valence-electron chi connectivity index (χ4n) is 1.09. The molecule has 0 fully saturated rings. The SMILES string of the molecule is Cc1nc(=O)n2ccc(Br)cc2n1. The topological polar surface area (TPSA) is 47.3 Å². The van der Waals surface area contributed by atoms with E-state index >= 15 is 0 Å². The maximum Gasteiger partial charge on any atom is 0.355 e. The lowest BCUT2D eigenvalue weighted by molar-refractivity contribution is 0.898. The molecule has 0 amide bonds. The summed E-state index contributed by atoms with van der Waals surface area (Å²) >= 11 is 3.31. The van der Waals surface area contributed by atoms with Crippen LogP contribution in [-0.4, -0.2) is 14.4 Å². The Kier molecular flexibility index (Phi) is 1.88. The fourth-order valence-corrected chi connectivity index (χ4v) is 1.42. The Hall–Kier alpha value is -1.23. The zero-order valence-electron chi connectivity index (χ0n) is 6.86. The maximum absolute atomic E-state index is 11.3. The van der Waals surface area contributed by atoms with Gasteiger partial charge >= 0.3 is 5.69 Å². The van der Waals surface area contributed by atoms with Gasteiger partial charge in [0.2, 0.25) is 0 Å². The first-order chi connectivity index (χ1) is 6.16. The lowest BCUT2D eigenvalue weighted by Crippen LogP contribution is -2.19. The standard InChI is InChI=1S/C8H6BrN3O/c1-5-10-7-4-6(9)2-3-12(7)8(13)11-5/h2-4H,1H3. The molecule has 2 rings (SSSR count). The summed E-state index contributed by atoms with van der Waals surface area (Å²) < 4.78 is 2.29. The van der Waals surface area contributed by atoms with Crippen molar-refractivity contribution >= 4 is 21.6 Å². The molecule has 4 nitrogen and oxygen atoms in total. The van der Waals surface area contributed by atoms with Crippen LogP contribution in [0.3, 0.4) is 0 Å². The number of hydrogen-bond donors (Lipinski definition) is 0. The van der Waals surface area contributed by atoms with Gasteiger partial charge in [-0.15, -0.1) is 0 Å². The molecule has 2 aromatic heterocycles. The average Bonchev–Trinajstić information content (AvgIpc) is 2.02. The van der Waals surface area contributed by atoms with E-state index in [0.29, 0.717) is 11.5 Å². The van der Waals surface area contributed by atoms with Crippen molar-refractivity contribution in [1.29, 1.82) is 0 Å². The number of halogens is 1. The van der Waals surface area contributed by atoms with Gasteiger partial charge in [-0.2, -0.15) is 4.98 Å². The van der Waals surface area contributed by atoms with Crippen LogP contribution < -0.4 is 5.69 Å². The third-order valence-corrected chi connectivity index (χ3v) is 2.13. The van der Waals surface area contributed by atoms with E-state index in [1.165, 1.54) is 4.40 Å². The van der Waals surface area contributed by atoms with Crippen LogP contribution in [0.25, 0.3) is 5.65 Å². The van der Waals surface area contributed by atoms with Crippen molar-refractivity contribution in [2.24, 2.45) is 0 Å². The van der Waals surface area contributed by atoms with Gasteiger partial charge in [0.25, 0.3) is 0 Å². The van der Waals surface area contributed by atoms with Gasteiger partial charge in [-0.05, 0) is 19.1 Å². The second-order valence-corrected chi connectivity index (χ2v) is 3.54. The van der Waals surface area contributed by atoms with E-state index in [1.54, 1.807) is 25.3 Å². The molecular weight excluding hydrogens is 234 g/mol. The highest BCUT2D eigenvalue weighted by molar-refractivity contribution is 9.10. The zero-order valence-corrected chi connectivity index (χ0v) is 8.45. The number of rotatable bonds is 0. The molecule has 0 aliphatic carbocycles. The smallest absolute Gasteiger partial charge is 0.251 e. The molecule has 0 aromatic carbocycles. The van der Waals surface area contributed by atoms with Crippen LogP contribution in [0, 0.1) is 6.92 Å². The van der Waals surface area contributed by atoms with Crippen molar-refractivity contribution in [3.63, 3.8) is 0 Å². The van der Waals surface area contributed by atoms with Crippen molar-refractivity contribution < 1.29 is 0 Å². The fraction of sp³-hybridized carbons (Fsp3) is 0.125. The molecule has 66 valence electrons. The molecular formula is C8H6BrN3O. The van der Waals surface area contributed by atoms with Crippen molar-refractivity contribution in [2.75, 3.05) is 0 Å².